The number of nitrogens with zero attached hydrogens (tertiary/aromatic N) is 2. The molecular formula is C34H43N3O4S. The second-order valence-corrected chi connectivity index (χ2v) is 13.3. The summed E-state index contributed by atoms with van der Waals surface area (Å²) >= 11 is 0. The van der Waals surface area contributed by atoms with Gasteiger partial charge in [0.2, 0.25) is 11.8 Å². The molecule has 3 aromatic rings. The third kappa shape index (κ3) is 7.79. The lowest BCUT2D eigenvalue weighted by Gasteiger charge is -2.34. The number of hydrogen-bond acceptors (Lipinski definition) is 4. The average molecular weight is 590 g/mol. The van der Waals surface area contributed by atoms with Crippen molar-refractivity contribution in [2.24, 2.45) is 0 Å². The molecular weight excluding hydrogens is 546 g/mol. The first-order chi connectivity index (χ1) is 20.1. The van der Waals surface area contributed by atoms with E-state index in [4.69, 9.17) is 0 Å². The lowest BCUT2D eigenvalue weighted by molar-refractivity contribution is -0.140. The number of rotatable bonds is 11. The summed E-state index contributed by atoms with van der Waals surface area (Å²) in [7, 11) is -4.09. The largest absolute Gasteiger partial charge is 0.352 e. The molecule has 42 heavy (non-hydrogen) atoms. The third-order valence-electron chi connectivity index (χ3n) is 7.95. The first-order valence-electron chi connectivity index (χ1n) is 14.9. The highest BCUT2D eigenvalue weighted by atomic mass is 32.2. The van der Waals surface area contributed by atoms with Crippen LogP contribution in [0.3, 0.4) is 0 Å². The standard InChI is InChI=1S/C34H43N3O4S/c1-5-32(34(39)35-29-14-7-6-8-15-29)36(23-28-13-9-11-26(3)21-28)33(38)24-37(30-16-10-12-27(4)22-30)42(40,41)31-19-17-25(2)18-20-31/h9-13,16-22,29,32H,5-8,14-15,23-24H2,1-4H3,(H,35,39)/t32-/m1/s1. The zero-order chi connectivity index (χ0) is 30.3. The van der Waals surface area contributed by atoms with Gasteiger partial charge in [0, 0.05) is 12.6 Å². The number of nitrogens with one attached hydrogen (secondary N) is 1. The maximum atomic E-state index is 14.3. The number of amides is 2. The maximum Gasteiger partial charge on any atom is 0.264 e. The molecule has 1 fully saturated rings. The Labute approximate surface area is 251 Å². The van der Waals surface area contributed by atoms with Crippen molar-refractivity contribution >= 4 is 27.5 Å². The van der Waals surface area contributed by atoms with Crippen LogP contribution in [0.1, 0.15) is 67.7 Å². The van der Waals surface area contributed by atoms with Crippen LogP contribution >= 0.6 is 0 Å². The van der Waals surface area contributed by atoms with Crippen molar-refractivity contribution in [1.29, 1.82) is 0 Å². The number of carbonyl (C=O) groups is 2. The molecule has 1 aliphatic rings. The highest BCUT2D eigenvalue weighted by Gasteiger charge is 2.34. The minimum Gasteiger partial charge on any atom is -0.352 e. The smallest absolute Gasteiger partial charge is 0.264 e. The van der Waals surface area contributed by atoms with Crippen LogP contribution in [-0.4, -0.2) is 43.8 Å². The molecule has 1 atom stereocenters. The van der Waals surface area contributed by atoms with Crippen molar-refractivity contribution in [2.75, 3.05) is 10.8 Å². The van der Waals surface area contributed by atoms with E-state index in [1.807, 2.05) is 58.0 Å². The molecule has 1 aliphatic carbocycles. The van der Waals surface area contributed by atoms with Gasteiger partial charge in [0.25, 0.3) is 10.0 Å². The summed E-state index contributed by atoms with van der Waals surface area (Å²) in [5.74, 6) is -0.617. The van der Waals surface area contributed by atoms with Crippen molar-refractivity contribution in [3.05, 3.63) is 95.1 Å². The Hall–Kier alpha value is -3.65. The molecule has 2 amide bonds. The van der Waals surface area contributed by atoms with Gasteiger partial charge < -0.3 is 10.2 Å². The molecule has 3 aromatic carbocycles. The molecule has 0 unspecified atom stereocenters. The number of benzene rings is 3. The Morgan fingerprint density at radius 2 is 1.50 bits per heavy atom. The fourth-order valence-electron chi connectivity index (χ4n) is 5.62. The lowest BCUT2D eigenvalue weighted by atomic mass is 9.95. The predicted molar refractivity (Wildman–Crippen MR) is 168 cm³/mol. The van der Waals surface area contributed by atoms with Gasteiger partial charge >= 0.3 is 0 Å². The van der Waals surface area contributed by atoms with E-state index in [1.165, 1.54) is 10.7 Å². The molecule has 1 N–H and O–H groups in total. The summed E-state index contributed by atoms with van der Waals surface area (Å²) in [5, 5.41) is 3.19. The Bertz CT molecular complexity index is 1480. The molecule has 0 saturated heterocycles. The summed E-state index contributed by atoms with van der Waals surface area (Å²) < 4.78 is 29.2. The van der Waals surface area contributed by atoms with Crippen molar-refractivity contribution in [1.82, 2.24) is 10.2 Å². The fraction of sp³-hybridized carbons (Fsp3) is 0.412. The Kier molecular flexibility index (Phi) is 10.4. The highest BCUT2D eigenvalue weighted by molar-refractivity contribution is 7.92. The van der Waals surface area contributed by atoms with E-state index in [1.54, 1.807) is 47.4 Å². The van der Waals surface area contributed by atoms with Crippen molar-refractivity contribution in [2.45, 2.75) is 89.7 Å². The summed E-state index contributed by atoms with van der Waals surface area (Å²) in [5.41, 5.74) is 4.14. The van der Waals surface area contributed by atoms with E-state index in [0.717, 1.165) is 47.9 Å². The molecule has 0 heterocycles. The topological polar surface area (TPSA) is 86.8 Å². The molecule has 7 nitrogen and oxygen atoms in total. The van der Waals surface area contributed by atoms with Crippen LogP contribution in [0.4, 0.5) is 5.69 Å². The molecule has 0 radical (unpaired) electrons. The first-order valence-corrected chi connectivity index (χ1v) is 16.3. The zero-order valence-corrected chi connectivity index (χ0v) is 26.0. The Morgan fingerprint density at radius 3 is 2.12 bits per heavy atom. The molecule has 0 aliphatic heterocycles. The minimum atomic E-state index is -4.09. The van der Waals surface area contributed by atoms with Crippen LogP contribution in [0.15, 0.2) is 77.7 Å². The Morgan fingerprint density at radius 1 is 0.857 bits per heavy atom. The molecule has 0 aromatic heterocycles. The second kappa shape index (κ2) is 14.0. The Balaban J connectivity index is 1.71. The van der Waals surface area contributed by atoms with Gasteiger partial charge in [-0.25, -0.2) is 8.42 Å². The van der Waals surface area contributed by atoms with Crippen LogP contribution in [0, 0.1) is 20.8 Å². The summed E-state index contributed by atoms with van der Waals surface area (Å²) in [6.07, 6.45) is 5.61. The van der Waals surface area contributed by atoms with Crippen LogP contribution < -0.4 is 9.62 Å². The maximum absolute atomic E-state index is 14.3. The predicted octanol–water partition coefficient (Wildman–Crippen LogP) is 6.06. The van der Waals surface area contributed by atoms with Gasteiger partial charge in [-0.1, -0.05) is 85.8 Å². The van der Waals surface area contributed by atoms with E-state index < -0.39 is 28.5 Å². The normalized spacial score (nSPS) is 14.7. The number of sulfonamides is 1. The molecule has 0 bridgehead atoms. The van der Waals surface area contributed by atoms with E-state index in [9.17, 15) is 18.0 Å². The lowest BCUT2D eigenvalue weighted by Crippen LogP contribution is -2.54. The fourth-order valence-corrected chi connectivity index (χ4v) is 7.03. The van der Waals surface area contributed by atoms with Gasteiger partial charge in [0.05, 0.1) is 10.6 Å². The second-order valence-electron chi connectivity index (χ2n) is 11.4. The molecule has 8 heteroatoms. The number of carbonyl (C=O) groups excluding carboxylic acids is 2. The van der Waals surface area contributed by atoms with Gasteiger partial charge in [-0.2, -0.15) is 0 Å². The van der Waals surface area contributed by atoms with E-state index >= 15 is 0 Å². The first kappa shape index (κ1) is 31.3. The van der Waals surface area contributed by atoms with E-state index in [0.29, 0.717) is 12.1 Å². The number of hydrogen-bond donors (Lipinski definition) is 1. The molecule has 4 rings (SSSR count). The van der Waals surface area contributed by atoms with Crippen LogP contribution in [-0.2, 0) is 26.2 Å². The van der Waals surface area contributed by atoms with Crippen LogP contribution in [0.5, 0.6) is 0 Å². The van der Waals surface area contributed by atoms with E-state index in [2.05, 4.69) is 5.32 Å². The quantitative estimate of drug-likeness (QED) is 0.294. The molecule has 0 spiro atoms. The zero-order valence-electron chi connectivity index (χ0n) is 25.2. The SMILES string of the molecule is CC[C@H](C(=O)NC1CCCCC1)N(Cc1cccc(C)c1)C(=O)CN(c1cccc(C)c1)S(=O)(=O)c1ccc(C)cc1. The summed E-state index contributed by atoms with van der Waals surface area (Å²) in [4.78, 5) is 29.6. The van der Waals surface area contributed by atoms with Gasteiger partial charge in [-0.05, 0) is 75.4 Å². The average Bonchev–Trinajstić information content (AvgIpc) is 2.96. The van der Waals surface area contributed by atoms with Gasteiger partial charge in [0.1, 0.15) is 12.6 Å². The summed E-state index contributed by atoms with van der Waals surface area (Å²) in [6, 6.07) is 20.9. The van der Waals surface area contributed by atoms with Crippen molar-refractivity contribution in [3.8, 4) is 0 Å². The van der Waals surface area contributed by atoms with Crippen LogP contribution in [0.25, 0.3) is 0 Å². The van der Waals surface area contributed by atoms with Crippen LogP contribution in [0.2, 0.25) is 0 Å². The third-order valence-corrected chi connectivity index (χ3v) is 9.74. The van der Waals surface area contributed by atoms with Crippen molar-refractivity contribution < 1.29 is 18.0 Å². The summed E-state index contributed by atoms with van der Waals surface area (Å²) in [6.45, 7) is 7.42. The van der Waals surface area contributed by atoms with Crippen molar-refractivity contribution in [3.63, 3.8) is 0 Å². The van der Waals surface area contributed by atoms with E-state index in [-0.39, 0.29) is 23.4 Å². The molecule has 1 saturated carbocycles. The molecule has 224 valence electrons. The monoisotopic (exact) mass is 589 g/mol. The number of aryl methyl sites for hydroxylation is 3. The van der Waals surface area contributed by atoms with Gasteiger partial charge in [-0.3, -0.25) is 13.9 Å². The number of anilines is 1. The minimum absolute atomic E-state index is 0.0990. The van der Waals surface area contributed by atoms with Gasteiger partial charge in [-0.15, -0.1) is 0 Å². The van der Waals surface area contributed by atoms with Gasteiger partial charge in [0.15, 0.2) is 0 Å². The highest BCUT2D eigenvalue weighted by Crippen LogP contribution is 2.26.